The summed E-state index contributed by atoms with van der Waals surface area (Å²) in [6.45, 7) is 4.35. The molecule has 2 N–H and O–H groups in total. The molecule has 2 heterocycles. The molecule has 0 fully saturated rings. The second-order valence-corrected chi connectivity index (χ2v) is 9.18. The topological polar surface area (TPSA) is 62.2 Å². The summed E-state index contributed by atoms with van der Waals surface area (Å²) in [6.07, 6.45) is 1.84. The van der Waals surface area contributed by atoms with Crippen molar-refractivity contribution in [2.75, 3.05) is 5.32 Å². The molecule has 0 atom stereocenters. The first-order chi connectivity index (χ1) is 12.8. The van der Waals surface area contributed by atoms with Gasteiger partial charge in [-0.15, -0.1) is 11.3 Å². The van der Waals surface area contributed by atoms with Crippen LogP contribution in [0.4, 0.5) is 10.8 Å². The first-order valence-corrected chi connectivity index (χ1v) is 10.8. The van der Waals surface area contributed by atoms with Gasteiger partial charge in [-0.3, -0.25) is 0 Å². The van der Waals surface area contributed by atoms with Crippen LogP contribution in [-0.2, 0) is 6.42 Å². The van der Waals surface area contributed by atoms with Gasteiger partial charge in [-0.1, -0.05) is 54.5 Å². The van der Waals surface area contributed by atoms with Gasteiger partial charge in [-0.2, -0.15) is 0 Å². The summed E-state index contributed by atoms with van der Waals surface area (Å²) >= 11 is 14.9. The number of carboxylic acid groups (broad SMARTS) is 1. The average molecular weight is 441 g/mol. The van der Waals surface area contributed by atoms with Gasteiger partial charge < -0.3 is 10.4 Å². The summed E-state index contributed by atoms with van der Waals surface area (Å²) < 4.78 is 0. The summed E-state index contributed by atoms with van der Waals surface area (Å²) in [6, 6.07) is 7.30. The highest BCUT2D eigenvalue weighted by atomic mass is 35.5. The van der Waals surface area contributed by atoms with E-state index in [9.17, 15) is 9.90 Å². The number of thiazole rings is 1. The quantitative estimate of drug-likeness (QED) is 0.407. The third kappa shape index (κ3) is 4.82. The second-order valence-electron chi connectivity index (χ2n) is 6.45. The molecule has 8 heteroatoms. The number of hydrogen-bond donors (Lipinski definition) is 2. The lowest BCUT2D eigenvalue weighted by Crippen LogP contribution is -1.98. The van der Waals surface area contributed by atoms with Crippen molar-refractivity contribution in [2.24, 2.45) is 5.92 Å². The normalized spacial score (nSPS) is 11.1. The standard InChI is InChI=1S/C19H18Cl2N2O2S2/c1-10(2)3-6-14-16(11-4-5-12(20)13(21)9-11)27-19(22-14)23-15-7-8-26-17(15)18(24)25/h4-5,7-10H,3,6H2,1-2H3,(H,22,23)(H,24,25). The molecule has 0 spiro atoms. The highest BCUT2D eigenvalue weighted by Crippen LogP contribution is 2.38. The Kier molecular flexibility index (Phi) is 6.42. The Labute approximate surface area is 175 Å². The molecule has 3 rings (SSSR count). The van der Waals surface area contributed by atoms with E-state index in [-0.39, 0.29) is 4.88 Å². The zero-order chi connectivity index (χ0) is 19.6. The minimum atomic E-state index is -0.950. The monoisotopic (exact) mass is 440 g/mol. The molecule has 0 aliphatic carbocycles. The fraction of sp³-hybridized carbons (Fsp3) is 0.263. The summed E-state index contributed by atoms with van der Waals surface area (Å²) in [4.78, 5) is 17.4. The maximum Gasteiger partial charge on any atom is 0.348 e. The average Bonchev–Trinajstić information content (AvgIpc) is 3.23. The van der Waals surface area contributed by atoms with E-state index in [0.717, 1.165) is 29.0 Å². The summed E-state index contributed by atoms with van der Waals surface area (Å²) in [5.74, 6) is -0.394. The molecule has 0 amide bonds. The van der Waals surface area contributed by atoms with Gasteiger partial charge in [0.15, 0.2) is 5.13 Å². The van der Waals surface area contributed by atoms with Crippen LogP contribution in [0.15, 0.2) is 29.6 Å². The minimum Gasteiger partial charge on any atom is -0.477 e. The predicted molar refractivity (Wildman–Crippen MR) is 115 cm³/mol. The molecule has 0 aliphatic heterocycles. The number of aryl methyl sites for hydroxylation is 1. The number of carboxylic acids is 1. The van der Waals surface area contributed by atoms with E-state index in [2.05, 4.69) is 19.2 Å². The lowest BCUT2D eigenvalue weighted by molar-refractivity contribution is 0.0703. The molecule has 3 aromatic rings. The van der Waals surface area contributed by atoms with Crippen LogP contribution < -0.4 is 5.32 Å². The highest BCUT2D eigenvalue weighted by Gasteiger charge is 2.17. The minimum absolute atomic E-state index is 0.269. The van der Waals surface area contributed by atoms with E-state index in [1.165, 1.54) is 22.7 Å². The first kappa shape index (κ1) is 20.1. The molecule has 142 valence electrons. The highest BCUT2D eigenvalue weighted by molar-refractivity contribution is 7.19. The smallest absolute Gasteiger partial charge is 0.348 e. The van der Waals surface area contributed by atoms with Crippen LogP contribution in [0.25, 0.3) is 10.4 Å². The Morgan fingerprint density at radius 2 is 2.04 bits per heavy atom. The van der Waals surface area contributed by atoms with E-state index in [1.807, 2.05) is 12.1 Å². The molecule has 2 aromatic heterocycles. The fourth-order valence-electron chi connectivity index (χ4n) is 2.55. The van der Waals surface area contributed by atoms with E-state index >= 15 is 0 Å². The lowest BCUT2D eigenvalue weighted by Gasteiger charge is -2.06. The SMILES string of the molecule is CC(C)CCc1nc(Nc2ccsc2C(=O)O)sc1-c1ccc(Cl)c(Cl)c1. The van der Waals surface area contributed by atoms with Crippen LogP contribution >= 0.6 is 45.9 Å². The maximum atomic E-state index is 11.3. The van der Waals surface area contributed by atoms with Crippen LogP contribution in [-0.4, -0.2) is 16.1 Å². The zero-order valence-corrected chi connectivity index (χ0v) is 17.9. The first-order valence-electron chi connectivity index (χ1n) is 8.38. The van der Waals surface area contributed by atoms with Gasteiger partial charge in [0.25, 0.3) is 0 Å². The zero-order valence-electron chi connectivity index (χ0n) is 14.8. The number of nitrogens with zero attached hydrogens (tertiary/aromatic N) is 1. The van der Waals surface area contributed by atoms with E-state index in [1.54, 1.807) is 17.5 Å². The predicted octanol–water partition coefficient (Wildman–Crippen LogP) is 7.21. The number of rotatable bonds is 7. The maximum absolute atomic E-state index is 11.3. The van der Waals surface area contributed by atoms with Gasteiger partial charge in [0.05, 0.1) is 26.3 Å². The molecule has 0 bridgehead atoms. The Hall–Kier alpha value is -1.60. The van der Waals surface area contributed by atoms with Crippen molar-refractivity contribution in [2.45, 2.75) is 26.7 Å². The molecule has 0 saturated carbocycles. The van der Waals surface area contributed by atoms with Crippen LogP contribution in [0.1, 0.15) is 35.6 Å². The number of carbonyl (C=O) groups is 1. The van der Waals surface area contributed by atoms with Gasteiger partial charge >= 0.3 is 5.97 Å². The van der Waals surface area contributed by atoms with E-state index in [4.69, 9.17) is 28.2 Å². The number of thiophene rings is 1. The largest absolute Gasteiger partial charge is 0.477 e. The van der Waals surface area contributed by atoms with Crippen molar-refractivity contribution in [1.82, 2.24) is 4.98 Å². The number of nitrogens with one attached hydrogen (secondary N) is 1. The van der Waals surface area contributed by atoms with Crippen molar-refractivity contribution in [3.63, 3.8) is 0 Å². The molecule has 1 aromatic carbocycles. The second kappa shape index (κ2) is 8.61. The number of aromatic nitrogens is 1. The Morgan fingerprint density at radius 3 is 2.70 bits per heavy atom. The number of anilines is 2. The molecule has 0 unspecified atom stereocenters. The fourth-order valence-corrected chi connectivity index (χ4v) is 4.56. The Balaban J connectivity index is 1.97. The van der Waals surface area contributed by atoms with Gasteiger partial charge in [-0.25, -0.2) is 9.78 Å². The Morgan fingerprint density at radius 1 is 1.26 bits per heavy atom. The van der Waals surface area contributed by atoms with Gasteiger partial charge in [0.1, 0.15) is 4.88 Å². The molecule has 0 saturated heterocycles. The van der Waals surface area contributed by atoms with E-state index in [0.29, 0.717) is 26.8 Å². The van der Waals surface area contributed by atoms with Crippen LogP contribution in [0, 0.1) is 5.92 Å². The third-order valence-corrected chi connectivity index (χ3v) is 6.64. The molecule has 4 nitrogen and oxygen atoms in total. The number of benzene rings is 1. The molecule has 0 aliphatic rings. The van der Waals surface area contributed by atoms with Crippen molar-refractivity contribution >= 4 is 62.7 Å². The number of aromatic carboxylic acids is 1. The molecular weight excluding hydrogens is 423 g/mol. The lowest BCUT2D eigenvalue weighted by atomic mass is 10.0. The summed E-state index contributed by atoms with van der Waals surface area (Å²) in [5, 5.41) is 15.9. The van der Waals surface area contributed by atoms with Crippen molar-refractivity contribution in [3.8, 4) is 10.4 Å². The van der Waals surface area contributed by atoms with Gasteiger partial charge in [-0.05, 0) is 47.9 Å². The van der Waals surface area contributed by atoms with Crippen molar-refractivity contribution in [1.29, 1.82) is 0 Å². The van der Waals surface area contributed by atoms with Crippen molar-refractivity contribution < 1.29 is 9.90 Å². The summed E-state index contributed by atoms with van der Waals surface area (Å²) in [7, 11) is 0. The van der Waals surface area contributed by atoms with Gasteiger partial charge in [0.2, 0.25) is 0 Å². The molecular formula is C19H18Cl2N2O2S2. The molecule has 27 heavy (non-hydrogen) atoms. The van der Waals surface area contributed by atoms with Crippen LogP contribution in [0.2, 0.25) is 10.0 Å². The van der Waals surface area contributed by atoms with Crippen molar-refractivity contribution in [3.05, 3.63) is 50.3 Å². The van der Waals surface area contributed by atoms with Gasteiger partial charge in [0, 0.05) is 0 Å². The molecule has 0 radical (unpaired) electrons. The van der Waals surface area contributed by atoms with Crippen LogP contribution in [0.5, 0.6) is 0 Å². The number of hydrogen-bond acceptors (Lipinski definition) is 5. The third-order valence-electron chi connectivity index (χ3n) is 3.94. The Bertz CT molecular complexity index is 967. The van der Waals surface area contributed by atoms with Crippen LogP contribution in [0.3, 0.4) is 0 Å². The van der Waals surface area contributed by atoms with E-state index < -0.39 is 5.97 Å². The number of halogens is 2. The summed E-state index contributed by atoms with van der Waals surface area (Å²) in [5.41, 5.74) is 2.48.